The van der Waals surface area contributed by atoms with Crippen LogP contribution in [0.5, 0.6) is 0 Å². The van der Waals surface area contributed by atoms with Crippen molar-refractivity contribution in [2.75, 3.05) is 0 Å². The summed E-state index contributed by atoms with van der Waals surface area (Å²) in [6.07, 6.45) is 10.8. The Labute approximate surface area is 319 Å². The summed E-state index contributed by atoms with van der Waals surface area (Å²) >= 11 is 0. The van der Waals surface area contributed by atoms with E-state index in [1.807, 2.05) is 50.3 Å². The van der Waals surface area contributed by atoms with Crippen LogP contribution in [0.3, 0.4) is 0 Å². The number of hydrogen-bond acceptors (Lipinski definition) is 3. The van der Waals surface area contributed by atoms with Crippen LogP contribution in [-0.4, -0.2) is 5.11 Å². The van der Waals surface area contributed by atoms with Crippen LogP contribution in [0.2, 0.25) is 0 Å². The van der Waals surface area contributed by atoms with Crippen molar-refractivity contribution in [1.29, 1.82) is 0 Å². The Bertz CT molecular complexity index is 2420. The molecule has 6 aromatic rings. The second kappa shape index (κ2) is 14.9. The van der Waals surface area contributed by atoms with Gasteiger partial charge in [-0.1, -0.05) is 162 Å². The Morgan fingerprint density at radius 2 is 0.981 bits per heavy atom. The molecule has 0 radical (unpaired) electrons. The maximum atomic E-state index is 9.83. The Morgan fingerprint density at radius 1 is 0.556 bits per heavy atom. The van der Waals surface area contributed by atoms with Gasteiger partial charge in [-0.3, -0.25) is 0 Å². The predicted octanol–water partition coefficient (Wildman–Crippen LogP) is 12.4. The zero-order chi connectivity index (χ0) is 38.0. The molecule has 0 fully saturated rings. The van der Waals surface area contributed by atoms with E-state index in [0.29, 0.717) is 6.61 Å². The third kappa shape index (κ3) is 5.31. The highest BCUT2D eigenvalue weighted by Crippen LogP contribution is 2.65. The Morgan fingerprint density at radius 3 is 1.39 bits per heavy atom. The van der Waals surface area contributed by atoms with E-state index in [2.05, 4.69) is 123 Å². The summed E-state index contributed by atoms with van der Waals surface area (Å²) in [6, 6.07) is 39.0. The molecule has 2 aliphatic rings. The van der Waals surface area contributed by atoms with Crippen LogP contribution < -0.4 is 5.73 Å². The molecule has 2 aliphatic carbocycles. The number of benzene rings is 6. The van der Waals surface area contributed by atoms with Crippen LogP contribution in [0.4, 0.5) is 0 Å². The number of fused-ring (bicyclic) bond motifs is 10. The van der Waals surface area contributed by atoms with Gasteiger partial charge in [-0.15, -0.1) is 0 Å². The highest BCUT2D eigenvalue weighted by Gasteiger charge is 2.53. The lowest BCUT2D eigenvalue weighted by Crippen LogP contribution is -2.26. The minimum atomic E-state index is -0.635. The fourth-order valence-corrected chi connectivity index (χ4v) is 8.64. The summed E-state index contributed by atoms with van der Waals surface area (Å²) < 4.78 is 5.55. The summed E-state index contributed by atoms with van der Waals surface area (Å²) in [6.45, 7) is 21.9. The summed E-state index contributed by atoms with van der Waals surface area (Å²) in [5.41, 5.74) is 24.7. The first kappa shape index (κ1) is 36.0. The number of ether oxygens (including phenoxy) is 1. The van der Waals surface area contributed by atoms with E-state index in [1.54, 1.807) is 0 Å². The van der Waals surface area contributed by atoms with Gasteiger partial charge in [0, 0.05) is 6.20 Å². The summed E-state index contributed by atoms with van der Waals surface area (Å²) in [5.74, 6) is 0. The van der Waals surface area contributed by atoms with Gasteiger partial charge in [0.05, 0.1) is 18.3 Å². The standard InChI is InChI=1S/C49H39NO2.C2H6/c1-5-35-37(7-3)47-45(27-41(35)33-21-17-31(29-51)18-22-33)49(43-15-11-9-13-39(43)40-14-10-12-16-44(40)49)46-28-42(36(6-2)38(8-4)48(46)47)34-23-19-32(20-24-34)30-52-26-25-50;1-2/h5-28,51H,1-4,29-30,50H2;1-2H3/b26-25-;. The number of rotatable bonds is 10. The van der Waals surface area contributed by atoms with Gasteiger partial charge in [0.15, 0.2) is 0 Å². The molecule has 1 spiro atoms. The van der Waals surface area contributed by atoms with Crippen molar-refractivity contribution in [3.8, 4) is 44.5 Å². The topological polar surface area (TPSA) is 55.5 Å². The van der Waals surface area contributed by atoms with Gasteiger partial charge in [-0.25, -0.2) is 0 Å². The van der Waals surface area contributed by atoms with Crippen molar-refractivity contribution in [3.05, 3.63) is 204 Å². The summed E-state index contributed by atoms with van der Waals surface area (Å²) in [7, 11) is 0. The molecule has 0 bridgehead atoms. The molecule has 0 saturated heterocycles. The smallest absolute Gasteiger partial charge is 0.112 e. The van der Waals surface area contributed by atoms with Crippen LogP contribution in [0.15, 0.2) is 148 Å². The Balaban J connectivity index is 0.00000221. The van der Waals surface area contributed by atoms with E-state index >= 15 is 0 Å². The molecule has 266 valence electrons. The number of aliphatic hydroxyl groups excluding tert-OH is 1. The van der Waals surface area contributed by atoms with E-state index in [1.165, 1.54) is 45.8 Å². The molecule has 0 aliphatic heterocycles. The molecular formula is C51H45NO2. The largest absolute Gasteiger partial charge is 0.495 e. The van der Waals surface area contributed by atoms with E-state index in [4.69, 9.17) is 10.5 Å². The van der Waals surface area contributed by atoms with Crippen molar-refractivity contribution < 1.29 is 9.84 Å². The van der Waals surface area contributed by atoms with Crippen LogP contribution in [0.25, 0.3) is 68.8 Å². The number of aliphatic hydroxyl groups is 1. The van der Waals surface area contributed by atoms with Crippen molar-refractivity contribution in [3.63, 3.8) is 0 Å². The second-order valence-electron chi connectivity index (χ2n) is 13.2. The van der Waals surface area contributed by atoms with E-state index < -0.39 is 5.41 Å². The Kier molecular flexibility index (Phi) is 9.92. The van der Waals surface area contributed by atoms with E-state index in [9.17, 15) is 5.11 Å². The van der Waals surface area contributed by atoms with Gasteiger partial charge in [0.25, 0.3) is 0 Å². The third-order valence-corrected chi connectivity index (χ3v) is 10.8. The van der Waals surface area contributed by atoms with Gasteiger partial charge < -0.3 is 15.6 Å². The highest BCUT2D eigenvalue weighted by atomic mass is 16.5. The minimum Gasteiger partial charge on any atom is -0.495 e. The number of nitrogens with two attached hydrogens (primary N) is 1. The molecule has 0 amide bonds. The van der Waals surface area contributed by atoms with Gasteiger partial charge in [0.1, 0.15) is 6.61 Å². The molecule has 3 N–H and O–H groups in total. The molecule has 0 saturated carbocycles. The minimum absolute atomic E-state index is 0.0108. The monoisotopic (exact) mass is 703 g/mol. The van der Waals surface area contributed by atoms with Gasteiger partial charge >= 0.3 is 0 Å². The molecule has 0 aromatic heterocycles. The maximum absolute atomic E-state index is 9.83. The first-order chi connectivity index (χ1) is 26.5. The third-order valence-electron chi connectivity index (χ3n) is 10.8. The van der Waals surface area contributed by atoms with E-state index in [-0.39, 0.29) is 6.61 Å². The van der Waals surface area contributed by atoms with Crippen molar-refractivity contribution in [2.45, 2.75) is 32.5 Å². The lowest BCUT2D eigenvalue weighted by molar-refractivity contribution is 0.236. The molecule has 3 heteroatoms. The zero-order valence-corrected chi connectivity index (χ0v) is 31.0. The van der Waals surface area contributed by atoms with Gasteiger partial charge in [0.2, 0.25) is 0 Å². The van der Waals surface area contributed by atoms with Crippen LogP contribution >= 0.6 is 0 Å². The predicted molar refractivity (Wildman–Crippen MR) is 229 cm³/mol. The fourth-order valence-electron chi connectivity index (χ4n) is 8.64. The molecular weight excluding hydrogens is 659 g/mol. The fraction of sp³-hybridized carbons (Fsp3) is 0.0980. The molecule has 8 rings (SSSR count). The summed E-state index contributed by atoms with van der Waals surface area (Å²) in [4.78, 5) is 0. The molecule has 0 atom stereocenters. The second-order valence-corrected chi connectivity index (χ2v) is 13.2. The SMILES string of the molecule is C=Cc1c(-c2ccc(CO)cc2)cc2c(c1C=C)-c1c(cc(-c3ccc(CO/C=C\N)cc3)c(C=C)c1C=C)C21c2ccccc2-c2ccccc21.CC. The zero-order valence-electron chi connectivity index (χ0n) is 31.0. The highest BCUT2D eigenvalue weighted by molar-refractivity contribution is 6.05. The molecule has 54 heavy (non-hydrogen) atoms. The molecule has 0 unspecified atom stereocenters. The van der Waals surface area contributed by atoms with Crippen LogP contribution in [0, 0.1) is 0 Å². The summed E-state index contributed by atoms with van der Waals surface area (Å²) in [5, 5.41) is 9.83. The average molecular weight is 704 g/mol. The van der Waals surface area contributed by atoms with E-state index in [0.717, 1.165) is 66.8 Å². The van der Waals surface area contributed by atoms with Crippen LogP contribution in [-0.2, 0) is 23.4 Å². The maximum Gasteiger partial charge on any atom is 0.112 e. The molecule has 0 heterocycles. The Hall–Kier alpha value is -6.42. The van der Waals surface area contributed by atoms with Crippen molar-refractivity contribution >= 4 is 24.3 Å². The quantitative estimate of drug-likeness (QED) is 0.139. The lowest BCUT2D eigenvalue weighted by Gasteiger charge is -2.32. The van der Waals surface area contributed by atoms with Crippen LogP contribution in [0.1, 0.15) is 69.5 Å². The first-order valence-corrected chi connectivity index (χ1v) is 18.5. The average Bonchev–Trinajstić information content (AvgIpc) is 3.70. The molecule has 3 nitrogen and oxygen atoms in total. The first-order valence-electron chi connectivity index (χ1n) is 18.5. The normalized spacial score (nSPS) is 12.6. The number of hydrogen-bond donors (Lipinski definition) is 2. The lowest BCUT2D eigenvalue weighted by atomic mass is 9.69. The van der Waals surface area contributed by atoms with Gasteiger partial charge in [-0.05, 0) is 112 Å². The van der Waals surface area contributed by atoms with Crippen molar-refractivity contribution in [2.24, 2.45) is 5.73 Å². The van der Waals surface area contributed by atoms with Crippen molar-refractivity contribution in [1.82, 2.24) is 0 Å². The molecule has 6 aromatic carbocycles. The van der Waals surface area contributed by atoms with Gasteiger partial charge in [-0.2, -0.15) is 0 Å².